The molecule has 16 heavy (non-hydrogen) atoms. The number of ether oxygens (including phenoxy) is 1. The Morgan fingerprint density at radius 1 is 1.62 bits per heavy atom. The van der Waals surface area contributed by atoms with Gasteiger partial charge in [-0.15, -0.1) is 5.10 Å². The molecule has 2 aliphatic heterocycles. The van der Waals surface area contributed by atoms with Crippen molar-refractivity contribution in [3.05, 3.63) is 6.33 Å². The summed E-state index contributed by atoms with van der Waals surface area (Å²) in [6.07, 6.45) is 4.96. The summed E-state index contributed by atoms with van der Waals surface area (Å²) in [6, 6.07) is 0.400. The lowest BCUT2D eigenvalue weighted by Gasteiger charge is -2.37. The second-order valence-electron chi connectivity index (χ2n) is 4.56. The normalized spacial score (nSPS) is 34.6. The van der Waals surface area contributed by atoms with Gasteiger partial charge in [0.05, 0.1) is 11.6 Å². The van der Waals surface area contributed by atoms with Crippen molar-refractivity contribution in [2.45, 2.75) is 30.9 Å². The topological polar surface area (TPSA) is 66.0 Å². The van der Waals surface area contributed by atoms with Gasteiger partial charge in [0.25, 0.3) is 0 Å². The maximum atomic E-state index is 5.97. The highest BCUT2D eigenvalue weighted by atomic mass is 32.2. The Morgan fingerprint density at radius 3 is 3.25 bits per heavy atom. The van der Waals surface area contributed by atoms with Gasteiger partial charge in [0.2, 0.25) is 5.95 Å². The molecule has 0 aliphatic carbocycles. The van der Waals surface area contributed by atoms with E-state index in [-0.39, 0.29) is 5.60 Å². The van der Waals surface area contributed by atoms with Gasteiger partial charge in [-0.2, -0.15) is 11.8 Å². The highest BCUT2D eigenvalue weighted by molar-refractivity contribution is 7.99. The van der Waals surface area contributed by atoms with E-state index in [1.807, 2.05) is 16.4 Å². The van der Waals surface area contributed by atoms with Gasteiger partial charge in [-0.3, -0.25) is 0 Å². The minimum Gasteiger partial charge on any atom is -0.374 e. The molecule has 5 nitrogen and oxygen atoms in total. The molecule has 88 valence electrons. The molecule has 2 N–H and O–H groups in total. The fraction of sp³-hybridized carbons (Fsp3) is 0.800. The minimum absolute atomic E-state index is 0.0916. The van der Waals surface area contributed by atoms with Gasteiger partial charge in [-0.1, -0.05) is 0 Å². The van der Waals surface area contributed by atoms with Crippen LogP contribution in [-0.2, 0) is 4.74 Å². The van der Waals surface area contributed by atoms with Gasteiger partial charge in [-0.05, 0) is 25.0 Å². The van der Waals surface area contributed by atoms with E-state index in [0.29, 0.717) is 12.0 Å². The van der Waals surface area contributed by atoms with Crippen LogP contribution in [0.25, 0.3) is 0 Å². The number of aromatic nitrogens is 3. The summed E-state index contributed by atoms with van der Waals surface area (Å²) < 4.78 is 7.88. The Hall–Kier alpha value is -0.750. The standard InChI is InChI=1S/C10H16N4OS/c11-9-12-7-14(13-9)8-1-3-15-10(5-8)2-4-16-6-10/h7-8H,1-6H2,(H2,11,13). The number of rotatable bonds is 1. The maximum Gasteiger partial charge on any atom is 0.239 e. The number of nitrogens with two attached hydrogens (primary N) is 1. The molecule has 1 spiro atoms. The Balaban J connectivity index is 1.77. The Kier molecular flexibility index (Phi) is 2.55. The summed E-state index contributed by atoms with van der Waals surface area (Å²) in [5.41, 5.74) is 5.64. The highest BCUT2D eigenvalue weighted by Crippen LogP contribution is 2.41. The zero-order valence-corrected chi connectivity index (χ0v) is 9.95. The largest absolute Gasteiger partial charge is 0.374 e. The lowest BCUT2D eigenvalue weighted by Crippen LogP contribution is -2.40. The van der Waals surface area contributed by atoms with Crippen LogP contribution in [0.3, 0.4) is 0 Å². The van der Waals surface area contributed by atoms with Crippen LogP contribution in [0.4, 0.5) is 5.95 Å². The molecular formula is C10H16N4OS. The molecule has 2 saturated heterocycles. The Morgan fingerprint density at radius 2 is 2.56 bits per heavy atom. The van der Waals surface area contributed by atoms with Crippen molar-refractivity contribution in [1.82, 2.24) is 14.8 Å². The van der Waals surface area contributed by atoms with Gasteiger partial charge in [0, 0.05) is 12.4 Å². The molecule has 0 saturated carbocycles. The maximum absolute atomic E-state index is 5.97. The third kappa shape index (κ3) is 1.80. The number of hydrogen-bond donors (Lipinski definition) is 1. The molecular weight excluding hydrogens is 224 g/mol. The summed E-state index contributed by atoms with van der Waals surface area (Å²) in [7, 11) is 0. The first-order chi connectivity index (χ1) is 7.77. The third-order valence-electron chi connectivity index (χ3n) is 3.43. The first-order valence-corrected chi connectivity index (χ1v) is 6.81. The summed E-state index contributed by atoms with van der Waals surface area (Å²) in [4.78, 5) is 3.99. The quantitative estimate of drug-likeness (QED) is 0.796. The van der Waals surface area contributed by atoms with Crippen LogP contribution in [0.5, 0.6) is 0 Å². The van der Waals surface area contributed by atoms with Crippen molar-refractivity contribution in [3.8, 4) is 0 Å². The third-order valence-corrected chi connectivity index (χ3v) is 4.66. The van der Waals surface area contributed by atoms with Crippen LogP contribution in [0.1, 0.15) is 25.3 Å². The van der Waals surface area contributed by atoms with Crippen molar-refractivity contribution >= 4 is 17.7 Å². The molecule has 2 unspecified atom stereocenters. The smallest absolute Gasteiger partial charge is 0.239 e. The van der Waals surface area contributed by atoms with Crippen LogP contribution in [0.2, 0.25) is 0 Å². The van der Waals surface area contributed by atoms with Gasteiger partial charge in [-0.25, -0.2) is 9.67 Å². The zero-order chi connectivity index (χ0) is 11.0. The van der Waals surface area contributed by atoms with Crippen LogP contribution < -0.4 is 5.73 Å². The average Bonchev–Trinajstić information content (AvgIpc) is 2.89. The molecule has 6 heteroatoms. The van der Waals surface area contributed by atoms with Crippen LogP contribution in [0, 0.1) is 0 Å². The van der Waals surface area contributed by atoms with E-state index in [1.54, 1.807) is 6.33 Å². The molecule has 2 fully saturated rings. The average molecular weight is 240 g/mol. The van der Waals surface area contributed by atoms with Gasteiger partial charge in [0.15, 0.2) is 0 Å². The van der Waals surface area contributed by atoms with E-state index in [9.17, 15) is 0 Å². The molecule has 0 radical (unpaired) electrons. The molecule has 3 heterocycles. The van der Waals surface area contributed by atoms with Gasteiger partial charge < -0.3 is 10.5 Å². The molecule has 2 aliphatic rings. The first kappa shape index (κ1) is 10.4. The molecule has 0 aromatic carbocycles. The van der Waals surface area contributed by atoms with E-state index in [0.717, 1.165) is 25.2 Å². The second-order valence-corrected chi connectivity index (χ2v) is 5.67. The van der Waals surface area contributed by atoms with E-state index in [1.165, 1.54) is 12.2 Å². The van der Waals surface area contributed by atoms with Crippen molar-refractivity contribution in [1.29, 1.82) is 0 Å². The van der Waals surface area contributed by atoms with Crippen LogP contribution in [-0.4, -0.2) is 38.5 Å². The van der Waals surface area contributed by atoms with E-state index >= 15 is 0 Å². The summed E-state index contributed by atoms with van der Waals surface area (Å²) in [5.74, 6) is 2.70. The lowest BCUT2D eigenvalue weighted by atomic mass is 9.90. The number of thioether (sulfide) groups is 1. The van der Waals surface area contributed by atoms with Gasteiger partial charge in [0.1, 0.15) is 6.33 Å². The first-order valence-electron chi connectivity index (χ1n) is 5.66. The predicted molar refractivity (Wildman–Crippen MR) is 63.3 cm³/mol. The molecule has 0 bridgehead atoms. The molecule has 3 rings (SSSR count). The summed E-state index contributed by atoms with van der Waals surface area (Å²) in [6.45, 7) is 0.824. The minimum atomic E-state index is 0.0916. The van der Waals surface area contributed by atoms with Crippen molar-refractivity contribution in [3.63, 3.8) is 0 Å². The lowest BCUT2D eigenvalue weighted by molar-refractivity contribution is -0.0778. The fourth-order valence-electron chi connectivity index (χ4n) is 2.56. The van der Waals surface area contributed by atoms with E-state index in [4.69, 9.17) is 10.5 Å². The Labute approximate surface area is 98.7 Å². The molecule has 2 atom stereocenters. The summed E-state index contributed by atoms with van der Waals surface area (Å²) in [5, 5.41) is 4.21. The fourth-order valence-corrected chi connectivity index (χ4v) is 3.93. The van der Waals surface area contributed by atoms with E-state index in [2.05, 4.69) is 10.1 Å². The SMILES string of the molecule is Nc1ncn(C2CCOC3(CCSC3)C2)n1. The Bertz CT molecular complexity index is 375. The van der Waals surface area contributed by atoms with Crippen LogP contribution in [0.15, 0.2) is 6.33 Å². The van der Waals surface area contributed by atoms with Crippen LogP contribution >= 0.6 is 11.8 Å². The van der Waals surface area contributed by atoms with Gasteiger partial charge >= 0.3 is 0 Å². The molecule has 0 amide bonds. The predicted octanol–water partition coefficient (Wildman–Crippen LogP) is 1.09. The number of hydrogen-bond acceptors (Lipinski definition) is 5. The zero-order valence-electron chi connectivity index (χ0n) is 9.13. The highest BCUT2D eigenvalue weighted by Gasteiger charge is 2.41. The summed E-state index contributed by atoms with van der Waals surface area (Å²) >= 11 is 1.99. The van der Waals surface area contributed by atoms with Crippen molar-refractivity contribution < 1.29 is 4.74 Å². The molecule has 1 aromatic rings. The molecule has 1 aromatic heterocycles. The number of nitrogens with zero attached hydrogens (tertiary/aromatic N) is 3. The number of anilines is 1. The van der Waals surface area contributed by atoms with Crippen molar-refractivity contribution in [2.75, 3.05) is 23.8 Å². The monoisotopic (exact) mass is 240 g/mol. The van der Waals surface area contributed by atoms with Crippen molar-refractivity contribution in [2.24, 2.45) is 0 Å². The number of nitrogen functional groups attached to an aromatic ring is 1. The second kappa shape index (κ2) is 3.92. The van der Waals surface area contributed by atoms with E-state index < -0.39 is 0 Å².